The van der Waals surface area contributed by atoms with E-state index in [1.165, 1.54) is 24.3 Å². The van der Waals surface area contributed by atoms with Gasteiger partial charge in [-0.15, -0.1) is 0 Å². The zero-order valence-corrected chi connectivity index (χ0v) is 46.9. The number of rotatable bonds is 10. The third-order valence-corrected chi connectivity index (χ3v) is 8.13. The van der Waals surface area contributed by atoms with E-state index in [0.29, 0.717) is 40.9 Å². The van der Waals surface area contributed by atoms with Crippen LogP contribution >= 0.6 is 23.2 Å². The van der Waals surface area contributed by atoms with Gasteiger partial charge in [-0.2, -0.15) is 0 Å². The molecular weight excluding hydrogens is 1060 g/mol. The molecule has 0 saturated carbocycles. The van der Waals surface area contributed by atoms with Crippen LogP contribution in [0, 0.1) is 24.0 Å². The summed E-state index contributed by atoms with van der Waals surface area (Å²) < 4.78 is 26.4. The molecule has 0 saturated heterocycles. The first-order valence-electron chi connectivity index (χ1n) is 16.9. The standard InChI is InChI=1S/C17H17BClNO5.C12H15BO5.C5H3ClN2O2.CH2O3.2Cs.H/c1-3-23-16(21)9-13-17-10(2)7-11(8-12(17)18(22)25-13)24-15-6-4-5-14(19)20-15;1-3-17-11(15)6-10-12-7(2)4-8(14)5-9(12)13(16)18-10;6-4-2-1-3-5(7-4)8(9)10;2-1-4-3;;;/h4-8,13,22H,3,9H2,1-2H3;4-5,10,14,16H,3,6H2,1-2H3;1-3H;1,3H;;;/q;;;;2*+1;-1/p-1. The monoisotopic (exact) mass is 1100 g/mol. The van der Waals surface area contributed by atoms with Crippen molar-refractivity contribution < 1.29 is 207 Å². The fourth-order valence-electron chi connectivity index (χ4n) is 5.65. The van der Waals surface area contributed by atoms with Crippen molar-refractivity contribution in [1.82, 2.24) is 9.97 Å². The Morgan fingerprint density at radius 3 is 1.78 bits per heavy atom. The summed E-state index contributed by atoms with van der Waals surface area (Å²) in [6, 6.07) is 15.8. The van der Waals surface area contributed by atoms with E-state index in [1.807, 2.05) is 6.92 Å². The second-order valence-corrected chi connectivity index (χ2v) is 12.4. The van der Waals surface area contributed by atoms with Crippen LogP contribution in [0.5, 0.6) is 17.4 Å². The zero-order chi connectivity index (χ0) is 42.2. The predicted octanol–water partition coefficient (Wildman–Crippen LogP) is -2.84. The van der Waals surface area contributed by atoms with Gasteiger partial charge in [0.2, 0.25) is 11.0 Å². The third kappa shape index (κ3) is 17.8. The van der Waals surface area contributed by atoms with Crippen LogP contribution in [0.3, 0.4) is 0 Å². The van der Waals surface area contributed by atoms with Crippen molar-refractivity contribution in [1.29, 1.82) is 0 Å². The molecule has 2 aliphatic heterocycles. The number of phenols is 1. The van der Waals surface area contributed by atoms with Crippen molar-refractivity contribution >= 4 is 72.6 Å². The normalized spacial score (nSPS) is 14.1. The van der Waals surface area contributed by atoms with Crippen LogP contribution in [0.15, 0.2) is 60.7 Å². The van der Waals surface area contributed by atoms with Crippen LogP contribution in [-0.2, 0) is 38.1 Å². The molecule has 0 fully saturated rings. The number of nitro groups is 1. The molecule has 4 aromatic rings. The van der Waals surface area contributed by atoms with Gasteiger partial charge in [-0.3, -0.25) is 14.4 Å². The second-order valence-electron chi connectivity index (χ2n) is 11.6. The largest absolute Gasteiger partial charge is 1.00 e. The maximum Gasteiger partial charge on any atom is 1.00 e. The molecule has 0 bridgehead atoms. The number of nitrogens with zero attached hydrogens (tertiary/aromatic N) is 3. The molecule has 2 unspecified atom stereocenters. The van der Waals surface area contributed by atoms with Gasteiger partial charge in [0, 0.05) is 18.2 Å². The molecule has 0 aliphatic carbocycles. The van der Waals surface area contributed by atoms with Crippen LogP contribution in [0.25, 0.3) is 0 Å². The Morgan fingerprint density at radius 2 is 1.34 bits per heavy atom. The van der Waals surface area contributed by atoms with Crippen molar-refractivity contribution in [2.75, 3.05) is 13.2 Å². The number of aromatic nitrogens is 2. The molecule has 304 valence electrons. The minimum absolute atomic E-state index is 0. The van der Waals surface area contributed by atoms with Crippen LogP contribution < -0.4 is 159 Å². The molecule has 2 atom stereocenters. The molecule has 0 amide bonds. The number of carbonyl (C=O) groups is 3. The first-order valence-corrected chi connectivity index (χ1v) is 17.6. The number of fused-ring (bicyclic) bond motifs is 2. The molecular formula is C35H37B2Cl2Cs2N3O15. The summed E-state index contributed by atoms with van der Waals surface area (Å²) in [4.78, 5) is 51.4. The quantitative estimate of drug-likeness (QED) is 0.0275. The first kappa shape index (κ1) is 55.8. The summed E-state index contributed by atoms with van der Waals surface area (Å²) >= 11 is 11.2. The van der Waals surface area contributed by atoms with Crippen LogP contribution in [0.2, 0.25) is 10.3 Å². The van der Waals surface area contributed by atoms with Gasteiger partial charge in [-0.25, -0.2) is 4.98 Å². The van der Waals surface area contributed by atoms with E-state index < -0.39 is 31.4 Å². The van der Waals surface area contributed by atoms with E-state index >= 15 is 0 Å². The average Bonchev–Trinajstić information content (AvgIpc) is 3.63. The Hall–Kier alpha value is -1.24. The second kappa shape index (κ2) is 28.5. The summed E-state index contributed by atoms with van der Waals surface area (Å²) in [7, 11) is -2.23. The fourth-order valence-corrected chi connectivity index (χ4v) is 5.96. The number of benzene rings is 2. The van der Waals surface area contributed by atoms with Gasteiger partial charge in [-0.1, -0.05) is 17.7 Å². The third-order valence-electron chi connectivity index (χ3n) is 7.71. The number of aryl methyl sites for hydroxylation is 2. The smallest absolute Gasteiger partial charge is 1.00 e. The molecule has 0 radical (unpaired) electrons. The van der Waals surface area contributed by atoms with E-state index in [2.05, 4.69) is 14.9 Å². The van der Waals surface area contributed by atoms with Gasteiger partial charge < -0.3 is 60.4 Å². The van der Waals surface area contributed by atoms with Gasteiger partial charge in [0.05, 0.1) is 38.3 Å². The van der Waals surface area contributed by atoms with E-state index in [1.54, 1.807) is 57.2 Å². The van der Waals surface area contributed by atoms with Gasteiger partial charge in [0.25, 0.3) is 6.47 Å². The van der Waals surface area contributed by atoms with Gasteiger partial charge in [0.15, 0.2) is 0 Å². The van der Waals surface area contributed by atoms with Crippen molar-refractivity contribution in [3.05, 3.63) is 103 Å². The number of aromatic hydroxyl groups is 1. The van der Waals surface area contributed by atoms with E-state index in [0.717, 1.165) is 22.3 Å². The van der Waals surface area contributed by atoms with E-state index in [4.69, 9.17) is 56.8 Å². The number of carbonyl (C=O) groups excluding carboxylic acids is 3. The summed E-state index contributed by atoms with van der Waals surface area (Å²) in [5.41, 5.74) is 4.27. The minimum atomic E-state index is -1.12. The first-order chi connectivity index (χ1) is 27.1. The molecule has 18 nitrogen and oxygen atoms in total. The number of pyridine rings is 2. The molecule has 2 aromatic heterocycles. The van der Waals surface area contributed by atoms with Crippen molar-refractivity contribution in [2.45, 2.75) is 52.7 Å². The average molecular weight is 1100 g/mol. The zero-order valence-electron chi connectivity index (χ0n) is 33.8. The molecule has 6 rings (SSSR count). The molecule has 0 spiro atoms. The predicted molar refractivity (Wildman–Crippen MR) is 203 cm³/mol. The van der Waals surface area contributed by atoms with E-state index in [-0.39, 0.29) is 187 Å². The molecule has 2 aromatic carbocycles. The number of ether oxygens (including phenoxy) is 3. The van der Waals surface area contributed by atoms with Crippen molar-refractivity contribution in [3.8, 4) is 17.4 Å². The van der Waals surface area contributed by atoms with Crippen LogP contribution in [0.1, 0.15) is 62.6 Å². The topological polar surface area (TPSA) is 259 Å². The maximum absolute atomic E-state index is 11.7. The molecule has 24 heteroatoms. The van der Waals surface area contributed by atoms with Gasteiger partial charge >= 0.3 is 170 Å². The number of halogens is 2. The van der Waals surface area contributed by atoms with E-state index in [9.17, 15) is 34.9 Å². The Morgan fingerprint density at radius 1 is 0.864 bits per heavy atom. The molecule has 3 N–H and O–H groups in total. The summed E-state index contributed by atoms with van der Waals surface area (Å²) in [6.07, 6.45) is -0.949. The Balaban J connectivity index is 0.000000872. The van der Waals surface area contributed by atoms with Crippen LogP contribution in [-0.4, -0.2) is 75.9 Å². The fraction of sp³-hybridized carbons (Fsp3) is 0.286. The molecule has 2 aliphatic rings. The number of hydrogen-bond donors (Lipinski definition) is 3. The Bertz CT molecular complexity index is 2050. The van der Waals surface area contributed by atoms with Gasteiger partial charge in [-0.05, 0) is 119 Å². The maximum atomic E-state index is 11.7. The van der Waals surface area contributed by atoms with Crippen molar-refractivity contribution in [2.24, 2.45) is 0 Å². The minimum Gasteiger partial charge on any atom is -1.00 e. The SMILES string of the molecule is CCOC(=O)CC1OB(O)c2cc(O)cc(C)c21.CCOC(=O)CC1OB(O)c2cc(Oc3cccc(Cl)n3)cc(C)c21.O=CO[O-].O=[N+]([O-])c1cccc(Cl)n1.[Cs+].[Cs+].[H-]. The Kier molecular flexibility index (Phi) is 26.9. The Labute approximate surface area is 468 Å². The van der Waals surface area contributed by atoms with Crippen LogP contribution in [0.4, 0.5) is 5.82 Å². The number of phenolic OH excluding ortho intramolecular Hbond substituents is 1. The molecule has 4 heterocycles. The molecule has 59 heavy (non-hydrogen) atoms. The summed E-state index contributed by atoms with van der Waals surface area (Å²) in [5.74, 6) is -0.0302. The van der Waals surface area contributed by atoms with Crippen molar-refractivity contribution in [3.63, 3.8) is 0 Å². The summed E-state index contributed by atoms with van der Waals surface area (Å²) in [6.45, 7) is 7.60. The summed E-state index contributed by atoms with van der Waals surface area (Å²) in [5, 5.41) is 48.4. The van der Waals surface area contributed by atoms with Gasteiger partial charge in [0.1, 0.15) is 16.7 Å². The number of hydrogen-bond acceptors (Lipinski definition) is 17. The number of esters is 2.